The third-order valence-corrected chi connectivity index (χ3v) is 6.15. The van der Waals surface area contributed by atoms with Crippen LogP contribution in [0.15, 0.2) is 48.7 Å². The second-order valence-corrected chi connectivity index (χ2v) is 10.1. The number of carbonyl (C=O) groups excluding carboxylic acids is 2. The highest BCUT2D eigenvalue weighted by Gasteiger charge is 2.30. The van der Waals surface area contributed by atoms with E-state index in [9.17, 15) is 14.0 Å². The zero-order valence-electron chi connectivity index (χ0n) is 20.8. The molecule has 0 saturated carbocycles. The third-order valence-electron chi connectivity index (χ3n) is 5.84. The number of fused-ring (bicyclic) bond motifs is 1. The maximum Gasteiger partial charge on any atom is 0.410 e. The zero-order valence-corrected chi connectivity index (χ0v) is 21.5. The molecule has 0 spiro atoms. The summed E-state index contributed by atoms with van der Waals surface area (Å²) in [6.45, 7) is 8.80. The Morgan fingerprint density at radius 1 is 1.00 bits per heavy atom. The molecule has 4 rings (SSSR count). The molecule has 190 valence electrons. The molecule has 0 radical (unpaired) electrons. The number of pyridine rings is 1. The van der Waals surface area contributed by atoms with Crippen molar-refractivity contribution < 1.29 is 23.5 Å². The van der Waals surface area contributed by atoms with Crippen molar-refractivity contribution in [1.82, 2.24) is 14.8 Å². The first-order valence-electron chi connectivity index (χ1n) is 11.8. The molecule has 3 aromatic rings. The van der Waals surface area contributed by atoms with E-state index in [4.69, 9.17) is 21.1 Å². The van der Waals surface area contributed by atoms with Crippen molar-refractivity contribution >= 4 is 34.5 Å². The molecule has 0 unspecified atom stereocenters. The second kappa shape index (κ2) is 10.3. The van der Waals surface area contributed by atoms with Crippen LogP contribution in [0.2, 0.25) is 5.02 Å². The lowest BCUT2D eigenvalue weighted by molar-refractivity contribution is -0.139. The normalized spacial score (nSPS) is 15.1. The van der Waals surface area contributed by atoms with Crippen LogP contribution in [0.1, 0.15) is 27.7 Å². The van der Waals surface area contributed by atoms with Gasteiger partial charge in [0, 0.05) is 49.4 Å². The maximum atomic E-state index is 13.5. The molecule has 1 aliphatic heterocycles. The van der Waals surface area contributed by atoms with Gasteiger partial charge in [0.25, 0.3) is 5.91 Å². The van der Waals surface area contributed by atoms with Crippen LogP contribution in [0, 0.1) is 5.82 Å². The molecule has 0 bridgehead atoms. The van der Waals surface area contributed by atoms with E-state index in [1.165, 1.54) is 12.1 Å². The van der Waals surface area contributed by atoms with Crippen molar-refractivity contribution in [2.24, 2.45) is 0 Å². The van der Waals surface area contributed by atoms with Crippen molar-refractivity contribution in [1.29, 1.82) is 0 Å². The molecule has 1 aromatic heterocycles. The van der Waals surface area contributed by atoms with E-state index < -0.39 is 17.5 Å². The van der Waals surface area contributed by atoms with Gasteiger partial charge in [0.15, 0.2) is 6.10 Å². The lowest BCUT2D eigenvalue weighted by atomic mass is 10.0. The number of hydrogen-bond donors (Lipinski definition) is 0. The fourth-order valence-electron chi connectivity index (χ4n) is 4.09. The molecule has 1 saturated heterocycles. The largest absolute Gasteiger partial charge is 0.481 e. The van der Waals surface area contributed by atoms with Crippen LogP contribution in [0.4, 0.5) is 9.18 Å². The van der Waals surface area contributed by atoms with Gasteiger partial charge in [-0.15, -0.1) is 0 Å². The van der Waals surface area contributed by atoms with Crippen LogP contribution in [0.3, 0.4) is 0 Å². The molecule has 1 fully saturated rings. The molecule has 1 aliphatic rings. The number of amides is 2. The summed E-state index contributed by atoms with van der Waals surface area (Å²) in [6, 6.07) is 11.5. The number of rotatable bonds is 4. The van der Waals surface area contributed by atoms with Gasteiger partial charge in [-0.2, -0.15) is 0 Å². The molecular weight excluding hydrogens is 485 g/mol. The average molecular weight is 514 g/mol. The molecule has 7 nitrogen and oxygen atoms in total. The van der Waals surface area contributed by atoms with Gasteiger partial charge in [-0.25, -0.2) is 9.18 Å². The fourth-order valence-corrected chi connectivity index (χ4v) is 4.36. The topological polar surface area (TPSA) is 72.0 Å². The number of piperazine rings is 1. The molecule has 1 atom stereocenters. The minimum atomic E-state index is -0.717. The fraction of sp³-hybridized carbons (Fsp3) is 0.370. The Kier molecular flexibility index (Phi) is 7.36. The van der Waals surface area contributed by atoms with E-state index in [2.05, 4.69) is 4.98 Å². The molecule has 2 amide bonds. The van der Waals surface area contributed by atoms with E-state index in [0.717, 1.165) is 10.9 Å². The molecule has 9 heteroatoms. The number of carbonyl (C=O) groups is 2. The summed E-state index contributed by atoms with van der Waals surface area (Å²) in [7, 11) is 0. The summed E-state index contributed by atoms with van der Waals surface area (Å²) in [5, 5.41) is 1.14. The van der Waals surface area contributed by atoms with E-state index in [-0.39, 0.29) is 12.0 Å². The quantitative estimate of drug-likeness (QED) is 0.458. The Morgan fingerprint density at radius 3 is 2.36 bits per heavy atom. The van der Waals surface area contributed by atoms with Gasteiger partial charge in [-0.3, -0.25) is 9.78 Å². The Labute approximate surface area is 214 Å². The number of aromatic nitrogens is 1. The van der Waals surface area contributed by atoms with Crippen molar-refractivity contribution in [2.75, 3.05) is 26.2 Å². The summed E-state index contributed by atoms with van der Waals surface area (Å²) < 4.78 is 24.9. The summed E-state index contributed by atoms with van der Waals surface area (Å²) in [5.41, 5.74) is 1.63. The Bertz CT molecular complexity index is 1290. The second-order valence-electron chi connectivity index (χ2n) is 9.71. The highest BCUT2D eigenvalue weighted by molar-refractivity contribution is 6.33. The van der Waals surface area contributed by atoms with Crippen LogP contribution in [0.5, 0.6) is 5.75 Å². The van der Waals surface area contributed by atoms with E-state index in [1.807, 2.05) is 32.9 Å². The van der Waals surface area contributed by atoms with Gasteiger partial charge in [0.05, 0.1) is 10.5 Å². The van der Waals surface area contributed by atoms with E-state index in [0.29, 0.717) is 48.0 Å². The van der Waals surface area contributed by atoms with Gasteiger partial charge < -0.3 is 19.3 Å². The average Bonchev–Trinajstić information content (AvgIpc) is 2.82. The van der Waals surface area contributed by atoms with Gasteiger partial charge in [0.1, 0.15) is 17.2 Å². The van der Waals surface area contributed by atoms with Crippen LogP contribution in [-0.2, 0) is 9.53 Å². The van der Waals surface area contributed by atoms with Crippen molar-refractivity contribution in [2.45, 2.75) is 39.4 Å². The highest BCUT2D eigenvalue weighted by atomic mass is 35.5. The van der Waals surface area contributed by atoms with Crippen molar-refractivity contribution in [3.8, 4) is 16.9 Å². The summed E-state index contributed by atoms with van der Waals surface area (Å²) in [5.74, 6) is -0.0490. The number of hydrogen-bond acceptors (Lipinski definition) is 5. The molecule has 2 aromatic carbocycles. The van der Waals surface area contributed by atoms with Gasteiger partial charge >= 0.3 is 6.09 Å². The number of ether oxygens (including phenoxy) is 2. The molecule has 0 aliphatic carbocycles. The zero-order chi connectivity index (χ0) is 26.0. The van der Waals surface area contributed by atoms with Crippen LogP contribution in [0.25, 0.3) is 22.0 Å². The summed E-state index contributed by atoms with van der Waals surface area (Å²) in [4.78, 5) is 33.0. The Hall–Kier alpha value is -3.39. The lowest BCUT2D eigenvalue weighted by Gasteiger charge is -2.36. The van der Waals surface area contributed by atoms with Gasteiger partial charge in [0.2, 0.25) is 0 Å². The third kappa shape index (κ3) is 5.87. The summed E-state index contributed by atoms with van der Waals surface area (Å²) >= 11 is 6.27. The van der Waals surface area contributed by atoms with Crippen molar-refractivity contribution in [3.05, 3.63) is 59.5 Å². The lowest BCUT2D eigenvalue weighted by Crippen LogP contribution is -2.54. The predicted octanol–water partition coefficient (Wildman–Crippen LogP) is 5.54. The minimum absolute atomic E-state index is 0.154. The van der Waals surface area contributed by atoms with Gasteiger partial charge in [-0.05, 0) is 69.7 Å². The molecule has 0 N–H and O–H groups in total. The Morgan fingerprint density at radius 2 is 1.69 bits per heavy atom. The maximum absolute atomic E-state index is 13.5. The van der Waals surface area contributed by atoms with Gasteiger partial charge in [-0.1, -0.05) is 11.6 Å². The number of nitrogens with zero attached hydrogens (tertiary/aromatic N) is 3. The molecular formula is C27H29ClFN3O4. The Balaban J connectivity index is 1.42. The minimum Gasteiger partial charge on any atom is -0.481 e. The van der Waals surface area contributed by atoms with Crippen molar-refractivity contribution in [3.63, 3.8) is 0 Å². The highest BCUT2D eigenvalue weighted by Crippen LogP contribution is 2.34. The van der Waals surface area contributed by atoms with E-state index in [1.54, 1.807) is 41.1 Å². The first kappa shape index (κ1) is 25.7. The first-order valence-corrected chi connectivity index (χ1v) is 12.2. The number of halogens is 2. The number of benzene rings is 2. The van der Waals surface area contributed by atoms with E-state index >= 15 is 0 Å². The van der Waals surface area contributed by atoms with Crippen LogP contribution >= 0.6 is 11.6 Å². The SMILES string of the molecule is C[C@@H](Oc1ccc2c(-c3ccc(F)cc3Cl)ccnc2c1)C(=O)N1CCN(C(=O)OC(C)(C)C)CC1. The molecule has 36 heavy (non-hydrogen) atoms. The smallest absolute Gasteiger partial charge is 0.410 e. The monoisotopic (exact) mass is 513 g/mol. The van der Waals surface area contributed by atoms with Crippen LogP contribution < -0.4 is 4.74 Å². The standard InChI is InChI=1S/C27H29ClFN3O4/c1-17(25(33)31-11-13-32(14-12-31)26(34)36-27(2,3)4)35-19-6-8-22-20(9-10-30-24(22)16-19)21-7-5-18(29)15-23(21)28/h5-10,15-17H,11-14H2,1-4H3/t17-/m1/s1. The predicted molar refractivity (Wildman–Crippen MR) is 137 cm³/mol. The molecule has 2 heterocycles. The summed E-state index contributed by atoms with van der Waals surface area (Å²) in [6.07, 6.45) is 0.564. The van der Waals surface area contributed by atoms with Crippen LogP contribution in [-0.4, -0.2) is 64.7 Å². The first-order chi connectivity index (χ1) is 17.0.